The molecule has 0 heterocycles. The summed E-state index contributed by atoms with van der Waals surface area (Å²) in [6.07, 6.45) is 14.9. The van der Waals surface area contributed by atoms with E-state index in [1.54, 1.807) is 0 Å². The molecule has 130 valence electrons. The normalized spacial score (nSPS) is 13.7. The standard InChI is InChI=1S/C18H35NO3/c1-2-3-4-5-6-7-8-9-12-15-18(21)17(19-22)14-11-10-13-16-20/h16-18,21H,2-15H2,1H3. The van der Waals surface area contributed by atoms with Gasteiger partial charge in [0, 0.05) is 6.42 Å². The minimum atomic E-state index is -0.613. The van der Waals surface area contributed by atoms with Gasteiger partial charge in [0.25, 0.3) is 0 Å². The molecule has 0 radical (unpaired) electrons. The third-order valence-electron chi connectivity index (χ3n) is 4.25. The third-order valence-corrected chi connectivity index (χ3v) is 4.25. The molecule has 0 bridgehead atoms. The van der Waals surface area contributed by atoms with Crippen molar-refractivity contribution < 1.29 is 9.90 Å². The van der Waals surface area contributed by atoms with Crippen molar-refractivity contribution in [2.24, 2.45) is 5.18 Å². The van der Waals surface area contributed by atoms with Crippen LogP contribution in [0.15, 0.2) is 5.18 Å². The Labute approximate surface area is 136 Å². The molecule has 0 amide bonds. The minimum absolute atomic E-state index is 0.499. The number of nitrogens with zero attached hydrogens (tertiary/aromatic N) is 1. The Hall–Kier alpha value is -0.770. The van der Waals surface area contributed by atoms with E-state index in [0.29, 0.717) is 19.3 Å². The fraction of sp³-hybridized carbons (Fsp3) is 0.944. The van der Waals surface area contributed by atoms with Gasteiger partial charge in [-0.15, -0.1) is 0 Å². The first-order valence-electron chi connectivity index (χ1n) is 9.20. The predicted octanol–water partition coefficient (Wildman–Crippen LogP) is 5.16. The van der Waals surface area contributed by atoms with E-state index in [-0.39, 0.29) is 0 Å². The molecule has 0 spiro atoms. The van der Waals surface area contributed by atoms with Gasteiger partial charge in [0.05, 0.1) is 6.10 Å². The van der Waals surface area contributed by atoms with E-state index >= 15 is 0 Å². The van der Waals surface area contributed by atoms with E-state index in [4.69, 9.17) is 0 Å². The first-order chi connectivity index (χ1) is 10.8. The topological polar surface area (TPSA) is 66.7 Å². The zero-order chi connectivity index (χ0) is 16.5. The summed E-state index contributed by atoms with van der Waals surface area (Å²) in [7, 11) is 0. The third kappa shape index (κ3) is 12.9. The Balaban J connectivity index is 3.50. The van der Waals surface area contributed by atoms with E-state index < -0.39 is 12.1 Å². The van der Waals surface area contributed by atoms with Crippen LogP contribution in [0.1, 0.15) is 96.8 Å². The summed E-state index contributed by atoms with van der Waals surface area (Å²) in [5.41, 5.74) is 0. The van der Waals surface area contributed by atoms with Crippen molar-refractivity contribution in [3.8, 4) is 0 Å². The molecule has 0 aromatic rings. The highest BCUT2D eigenvalue weighted by atomic mass is 16.3. The SMILES string of the molecule is CCCCCCCCCCCC(O)C(CCCCC=O)N=O. The predicted molar refractivity (Wildman–Crippen MR) is 92.0 cm³/mol. The van der Waals surface area contributed by atoms with Crippen LogP contribution in [0.25, 0.3) is 0 Å². The van der Waals surface area contributed by atoms with Gasteiger partial charge in [-0.2, -0.15) is 4.91 Å². The molecule has 4 heteroatoms. The van der Waals surface area contributed by atoms with E-state index in [9.17, 15) is 14.8 Å². The molecule has 2 unspecified atom stereocenters. The summed E-state index contributed by atoms with van der Waals surface area (Å²) in [5.74, 6) is 0. The average molecular weight is 313 g/mol. The first-order valence-corrected chi connectivity index (χ1v) is 9.20. The van der Waals surface area contributed by atoms with E-state index in [1.807, 2.05) is 0 Å². The zero-order valence-electron chi connectivity index (χ0n) is 14.3. The van der Waals surface area contributed by atoms with Crippen LogP contribution in [0, 0.1) is 4.91 Å². The van der Waals surface area contributed by atoms with Crippen molar-refractivity contribution in [1.29, 1.82) is 0 Å². The smallest absolute Gasteiger partial charge is 0.119 e. The number of aliphatic hydroxyl groups excluding tert-OH is 1. The molecule has 0 saturated carbocycles. The summed E-state index contributed by atoms with van der Waals surface area (Å²) in [6, 6.07) is -0.499. The molecule has 0 fully saturated rings. The fourth-order valence-electron chi connectivity index (χ4n) is 2.75. The second-order valence-electron chi connectivity index (χ2n) is 6.31. The number of hydrogen-bond donors (Lipinski definition) is 1. The lowest BCUT2D eigenvalue weighted by Crippen LogP contribution is -2.23. The van der Waals surface area contributed by atoms with Gasteiger partial charge in [-0.25, -0.2) is 0 Å². The van der Waals surface area contributed by atoms with Crippen molar-refractivity contribution in [2.75, 3.05) is 0 Å². The van der Waals surface area contributed by atoms with Crippen molar-refractivity contribution in [3.63, 3.8) is 0 Å². The van der Waals surface area contributed by atoms with Gasteiger partial charge < -0.3 is 9.90 Å². The number of nitroso groups, excluding NO2 is 1. The van der Waals surface area contributed by atoms with Crippen LogP contribution >= 0.6 is 0 Å². The van der Waals surface area contributed by atoms with Gasteiger partial charge in [0.1, 0.15) is 12.3 Å². The summed E-state index contributed by atoms with van der Waals surface area (Å²) < 4.78 is 0. The maximum atomic E-state index is 10.8. The largest absolute Gasteiger partial charge is 0.391 e. The Morgan fingerprint density at radius 2 is 1.41 bits per heavy atom. The average Bonchev–Trinajstić information content (AvgIpc) is 2.53. The molecule has 0 aromatic heterocycles. The van der Waals surface area contributed by atoms with Crippen LogP contribution < -0.4 is 0 Å². The molecule has 0 aliphatic heterocycles. The number of carbonyl (C=O) groups excluding carboxylic acids is 1. The number of hydrogen-bond acceptors (Lipinski definition) is 4. The van der Waals surface area contributed by atoms with E-state index in [0.717, 1.165) is 32.0 Å². The molecule has 0 aromatic carbocycles. The van der Waals surface area contributed by atoms with Gasteiger partial charge >= 0.3 is 0 Å². The number of rotatable bonds is 17. The quantitative estimate of drug-likeness (QED) is 0.229. The zero-order valence-corrected chi connectivity index (χ0v) is 14.3. The van der Waals surface area contributed by atoms with Gasteiger partial charge in [-0.1, -0.05) is 76.3 Å². The highest BCUT2D eigenvalue weighted by Gasteiger charge is 2.18. The lowest BCUT2D eigenvalue weighted by atomic mass is 9.98. The fourth-order valence-corrected chi connectivity index (χ4v) is 2.75. The second kappa shape index (κ2) is 16.6. The van der Waals surface area contributed by atoms with Crippen LogP contribution in [-0.4, -0.2) is 23.5 Å². The molecule has 0 rings (SSSR count). The number of carbonyl (C=O) groups is 1. The Bertz CT molecular complexity index is 259. The maximum Gasteiger partial charge on any atom is 0.119 e. The van der Waals surface area contributed by atoms with Crippen LogP contribution in [0.5, 0.6) is 0 Å². The minimum Gasteiger partial charge on any atom is -0.391 e. The Morgan fingerprint density at radius 3 is 1.95 bits per heavy atom. The Morgan fingerprint density at radius 1 is 0.864 bits per heavy atom. The molecule has 2 atom stereocenters. The van der Waals surface area contributed by atoms with E-state index in [2.05, 4.69) is 12.1 Å². The number of unbranched alkanes of at least 4 members (excludes halogenated alkanes) is 10. The molecular formula is C18H35NO3. The van der Waals surface area contributed by atoms with Crippen molar-refractivity contribution in [1.82, 2.24) is 0 Å². The molecule has 22 heavy (non-hydrogen) atoms. The lowest BCUT2D eigenvalue weighted by molar-refractivity contribution is -0.107. The molecule has 0 saturated heterocycles. The molecule has 1 N–H and O–H groups in total. The van der Waals surface area contributed by atoms with Crippen molar-refractivity contribution in [2.45, 2.75) is 109 Å². The summed E-state index contributed by atoms with van der Waals surface area (Å²) in [5, 5.41) is 13.1. The molecule has 0 aliphatic carbocycles. The first kappa shape index (κ1) is 21.2. The van der Waals surface area contributed by atoms with Gasteiger partial charge in [-0.05, 0) is 19.3 Å². The highest BCUT2D eigenvalue weighted by Crippen LogP contribution is 2.16. The summed E-state index contributed by atoms with van der Waals surface area (Å²) in [4.78, 5) is 21.0. The van der Waals surface area contributed by atoms with Crippen molar-refractivity contribution >= 4 is 6.29 Å². The second-order valence-corrected chi connectivity index (χ2v) is 6.31. The van der Waals surface area contributed by atoms with Crippen LogP contribution in [0.4, 0.5) is 0 Å². The molecule has 0 aliphatic rings. The van der Waals surface area contributed by atoms with Crippen LogP contribution in [-0.2, 0) is 4.79 Å². The number of aldehydes is 1. The molecular weight excluding hydrogens is 278 g/mol. The van der Waals surface area contributed by atoms with E-state index in [1.165, 1.54) is 44.9 Å². The van der Waals surface area contributed by atoms with Crippen molar-refractivity contribution in [3.05, 3.63) is 4.91 Å². The summed E-state index contributed by atoms with van der Waals surface area (Å²) in [6.45, 7) is 2.23. The summed E-state index contributed by atoms with van der Waals surface area (Å²) >= 11 is 0. The maximum absolute atomic E-state index is 10.8. The Kier molecular flexibility index (Phi) is 16.0. The van der Waals surface area contributed by atoms with Gasteiger partial charge in [-0.3, -0.25) is 0 Å². The monoisotopic (exact) mass is 313 g/mol. The van der Waals surface area contributed by atoms with Gasteiger partial charge in [0.15, 0.2) is 0 Å². The van der Waals surface area contributed by atoms with Crippen LogP contribution in [0.2, 0.25) is 0 Å². The van der Waals surface area contributed by atoms with Gasteiger partial charge in [0.2, 0.25) is 0 Å². The molecule has 4 nitrogen and oxygen atoms in total. The van der Waals surface area contributed by atoms with Crippen LogP contribution in [0.3, 0.4) is 0 Å². The number of aliphatic hydroxyl groups is 1. The lowest BCUT2D eigenvalue weighted by Gasteiger charge is -2.16. The highest BCUT2D eigenvalue weighted by molar-refractivity contribution is 5.48.